The molecule has 6 amide bonds. The normalized spacial score (nSPS) is 21.6. The van der Waals surface area contributed by atoms with Gasteiger partial charge in [-0.2, -0.15) is 0 Å². The topological polar surface area (TPSA) is 393 Å². The molecule has 2 aliphatic heterocycles. The molecule has 4 aliphatic rings. The summed E-state index contributed by atoms with van der Waals surface area (Å²) in [5, 5.41) is 64.3. The highest BCUT2D eigenvalue weighted by Crippen LogP contribution is 2.54. The summed E-state index contributed by atoms with van der Waals surface area (Å²) in [7, 11) is 1.36. The van der Waals surface area contributed by atoms with Gasteiger partial charge in [0.1, 0.15) is 48.0 Å². The van der Waals surface area contributed by atoms with E-state index < -0.39 is 151 Å². The van der Waals surface area contributed by atoms with E-state index >= 15 is 0 Å². The van der Waals surface area contributed by atoms with Gasteiger partial charge < -0.3 is 75.6 Å². The Labute approximate surface area is 487 Å². The van der Waals surface area contributed by atoms with Crippen molar-refractivity contribution in [3.8, 4) is 17.2 Å². The number of ether oxygens (including phenoxy) is 6. The molecule has 0 saturated carbocycles. The van der Waals surface area contributed by atoms with Crippen molar-refractivity contribution >= 4 is 70.0 Å². The number of primary amides is 1. The lowest BCUT2D eigenvalue weighted by Gasteiger charge is -2.43. The first-order valence-corrected chi connectivity index (χ1v) is 27.4. The van der Waals surface area contributed by atoms with Gasteiger partial charge in [-0.3, -0.25) is 48.1 Å². The van der Waals surface area contributed by atoms with Gasteiger partial charge in [0, 0.05) is 85.4 Å². The Morgan fingerprint density at radius 2 is 1.56 bits per heavy atom. The monoisotopic (exact) mass is 1180 g/mol. The summed E-state index contributed by atoms with van der Waals surface area (Å²) in [5.41, 5.74) is 3.49. The van der Waals surface area contributed by atoms with Crippen LogP contribution in [0.1, 0.15) is 109 Å². The van der Waals surface area contributed by atoms with E-state index in [0.29, 0.717) is 11.1 Å². The summed E-state index contributed by atoms with van der Waals surface area (Å²) in [6, 6.07) is 8.49. The molecule has 26 nitrogen and oxygen atoms in total. The Morgan fingerprint density at radius 1 is 0.882 bits per heavy atom. The number of alkyl carbamates (subject to hydrolysis) is 1. The predicted molar refractivity (Wildman–Crippen MR) is 296 cm³/mol. The van der Waals surface area contributed by atoms with Crippen LogP contribution in [0.15, 0.2) is 61.2 Å². The molecule has 3 aromatic carbocycles. The van der Waals surface area contributed by atoms with Gasteiger partial charge in [0.25, 0.3) is 11.8 Å². The van der Waals surface area contributed by atoms with Crippen LogP contribution in [-0.2, 0) is 75.1 Å². The maximum atomic E-state index is 14.2. The molecule has 26 heteroatoms. The van der Waals surface area contributed by atoms with E-state index in [0.717, 1.165) is 4.90 Å². The van der Waals surface area contributed by atoms with Gasteiger partial charge in [-0.05, 0) is 48.7 Å². The third-order valence-corrected chi connectivity index (χ3v) is 15.2. The van der Waals surface area contributed by atoms with E-state index in [-0.39, 0.29) is 109 Å². The van der Waals surface area contributed by atoms with E-state index in [1.54, 1.807) is 18.2 Å². The second-order valence-corrected chi connectivity index (χ2v) is 21.2. The quantitative estimate of drug-likeness (QED) is 0.0222. The van der Waals surface area contributed by atoms with Crippen LogP contribution >= 0.6 is 0 Å². The minimum absolute atomic E-state index is 0.00493. The average molecular weight is 1180 g/mol. The number of aromatic hydroxyl groups is 2. The third-order valence-electron chi connectivity index (χ3n) is 15.2. The SMILES string of the molecule is C=C1c2cccc(OC)c2C(=O)c2c(O)c3c(c(O)c21)C[C@@](O)(C(=O)CO)C[C@@H]3O[C@H]1C[C@H](NC(=O)OCc2ccc(NC(=O)[C@@H](CC(N)=O)CC(=O)[C@@H](C)NC(=O)[C@@H](C)CC(=O)CCOCCOCCN3C(=O)C=CC3=O)cc2)[C@H](O)[C@H](C)O1. The summed E-state index contributed by atoms with van der Waals surface area (Å²) in [6.45, 7) is 7.65. The minimum Gasteiger partial charge on any atom is -0.507 e. The molecule has 456 valence electrons. The smallest absolute Gasteiger partial charge is 0.407 e. The molecule has 0 unspecified atom stereocenters. The van der Waals surface area contributed by atoms with E-state index in [4.69, 9.17) is 34.2 Å². The molecule has 0 aromatic heterocycles. The van der Waals surface area contributed by atoms with Crippen molar-refractivity contribution < 1.29 is 102 Å². The molecule has 7 rings (SSSR count). The Balaban J connectivity index is 0.884. The molecule has 3 aromatic rings. The molecule has 10 N–H and O–H groups in total. The van der Waals surface area contributed by atoms with Crippen molar-refractivity contribution in [1.82, 2.24) is 15.5 Å². The fraction of sp³-hybridized carbons (Fsp3) is 0.458. The van der Waals surface area contributed by atoms with Gasteiger partial charge in [-0.1, -0.05) is 37.8 Å². The Morgan fingerprint density at radius 3 is 2.22 bits per heavy atom. The zero-order chi connectivity index (χ0) is 62.0. The number of hydrogen-bond acceptors (Lipinski definition) is 21. The zero-order valence-corrected chi connectivity index (χ0v) is 47.2. The van der Waals surface area contributed by atoms with Crippen LogP contribution in [0.4, 0.5) is 10.5 Å². The van der Waals surface area contributed by atoms with Crippen molar-refractivity contribution in [1.29, 1.82) is 0 Å². The summed E-state index contributed by atoms with van der Waals surface area (Å²) in [5.74, 6) is -8.70. The van der Waals surface area contributed by atoms with E-state index in [1.165, 1.54) is 64.3 Å². The third kappa shape index (κ3) is 15.2. The van der Waals surface area contributed by atoms with E-state index in [1.807, 2.05) is 0 Å². The summed E-state index contributed by atoms with van der Waals surface area (Å²) in [6.07, 6.45) is -6.37. The van der Waals surface area contributed by atoms with Gasteiger partial charge in [-0.25, -0.2) is 4.79 Å². The van der Waals surface area contributed by atoms with Crippen LogP contribution in [0.3, 0.4) is 0 Å². The number of nitrogens with two attached hydrogens (primary N) is 1. The Bertz CT molecular complexity index is 3140. The maximum absolute atomic E-state index is 14.2. The number of phenolic OH excluding ortho intramolecular Hbond substituents is 2. The zero-order valence-electron chi connectivity index (χ0n) is 47.2. The Kier molecular flexibility index (Phi) is 21.3. The number of phenols is 2. The lowest BCUT2D eigenvalue weighted by Crippen LogP contribution is -2.56. The second-order valence-electron chi connectivity index (χ2n) is 21.2. The average Bonchev–Trinajstić information content (AvgIpc) is 1.16. The minimum atomic E-state index is -2.35. The number of nitrogens with zero attached hydrogens (tertiary/aromatic N) is 1. The number of aliphatic hydroxyl groups is 3. The molecule has 0 bridgehead atoms. The predicted octanol–water partition coefficient (Wildman–Crippen LogP) is 1.64. The number of anilines is 1. The number of carbonyl (C=O) groups excluding carboxylic acids is 10. The number of fused-ring (bicyclic) bond motifs is 3. The van der Waals surface area contributed by atoms with Gasteiger partial charge >= 0.3 is 6.09 Å². The number of hydrogen-bond donors (Lipinski definition) is 9. The number of benzene rings is 3. The van der Waals surface area contributed by atoms with Crippen LogP contribution in [0, 0.1) is 11.8 Å². The number of methoxy groups -OCH3 is 1. The number of rotatable bonds is 28. The van der Waals surface area contributed by atoms with Gasteiger partial charge in [0.15, 0.2) is 17.9 Å². The number of amides is 6. The van der Waals surface area contributed by atoms with Crippen molar-refractivity contribution in [3.63, 3.8) is 0 Å². The van der Waals surface area contributed by atoms with Crippen LogP contribution in [0.2, 0.25) is 0 Å². The molecular formula is C59H69N5O21. The van der Waals surface area contributed by atoms with E-state index in [2.05, 4.69) is 22.5 Å². The number of nitrogens with one attached hydrogen (secondary N) is 3. The first kappa shape index (κ1) is 64.3. The standard InChI is InChI=1S/C59H69N5O21/c1-29(21-36(66)15-17-81-19-20-82-18-16-64-45(70)13-14-46(64)71)56(76)61-31(3)40(67)22-34(23-44(60)69)57(77)62-35-11-9-33(10-12-35)28-83-58(78)63-39-24-47(84-32(4)52(39)72)85-42-26-59(79,43(68)27-65)25-38-50(42)55(75)51-48(53(38)73)30(2)37-7-6-8-41(80-5)49(37)54(51)74/h6-14,29,31-32,34,39,42,47,52,65,72-73,75,79H,2,15-28H2,1,3-5H3,(H2,60,69)(H,61,76)(H,62,77)(H,63,78)/t29-,31+,32-,34+,39-,42-,47-,52+,59-/m0/s1. The number of imide groups is 1. The second kappa shape index (κ2) is 28.1. The lowest BCUT2D eigenvalue weighted by atomic mass is 9.71. The fourth-order valence-corrected chi connectivity index (χ4v) is 10.5. The highest BCUT2D eigenvalue weighted by molar-refractivity contribution is 6.22. The van der Waals surface area contributed by atoms with Crippen molar-refractivity contribution in [2.45, 2.75) is 115 Å². The molecular weight excluding hydrogens is 1110 g/mol. The molecule has 85 heavy (non-hydrogen) atoms. The molecule has 1 saturated heterocycles. The lowest BCUT2D eigenvalue weighted by molar-refractivity contribution is -0.249. The van der Waals surface area contributed by atoms with Crippen LogP contribution in [0.25, 0.3) is 5.57 Å². The Hall–Kier alpha value is -8.24. The molecule has 9 atom stereocenters. The van der Waals surface area contributed by atoms with Crippen LogP contribution < -0.4 is 26.4 Å². The first-order chi connectivity index (χ1) is 40.3. The largest absolute Gasteiger partial charge is 0.507 e. The number of ketones is 4. The van der Waals surface area contributed by atoms with Gasteiger partial charge in [-0.15, -0.1) is 0 Å². The van der Waals surface area contributed by atoms with E-state index in [9.17, 15) is 73.5 Å². The van der Waals surface area contributed by atoms with Crippen molar-refractivity contribution in [2.75, 3.05) is 52.0 Å². The van der Waals surface area contributed by atoms with Crippen molar-refractivity contribution in [3.05, 3.63) is 100 Å². The van der Waals surface area contributed by atoms with Crippen LogP contribution in [0.5, 0.6) is 17.2 Å². The van der Waals surface area contributed by atoms with Gasteiger partial charge in [0.05, 0.1) is 81.4 Å². The number of carbonyl (C=O) groups is 10. The maximum Gasteiger partial charge on any atom is 0.407 e. The first-order valence-electron chi connectivity index (χ1n) is 27.4. The summed E-state index contributed by atoms with van der Waals surface area (Å²) < 4.78 is 33.9. The number of aliphatic hydroxyl groups excluding tert-OH is 2. The van der Waals surface area contributed by atoms with Gasteiger partial charge in [0.2, 0.25) is 23.5 Å². The van der Waals surface area contributed by atoms with Crippen LogP contribution in [-0.4, -0.2) is 172 Å². The molecule has 0 radical (unpaired) electrons. The van der Waals surface area contributed by atoms with Crippen molar-refractivity contribution in [2.24, 2.45) is 17.6 Å². The number of Topliss-reactive ketones (excluding diaryl/α,β-unsaturated/α-hetero) is 3. The molecule has 1 fully saturated rings. The fourth-order valence-electron chi connectivity index (χ4n) is 10.5. The molecule has 0 spiro atoms. The molecule has 2 aliphatic carbocycles. The summed E-state index contributed by atoms with van der Waals surface area (Å²) >= 11 is 0. The highest BCUT2D eigenvalue weighted by Gasteiger charge is 2.50. The highest BCUT2D eigenvalue weighted by atomic mass is 16.7. The molecule has 2 heterocycles. The summed E-state index contributed by atoms with van der Waals surface area (Å²) in [4.78, 5) is 129.